The molecule has 3 atom stereocenters. The van der Waals surface area contributed by atoms with Gasteiger partial charge in [-0.2, -0.15) is 0 Å². The highest BCUT2D eigenvalue weighted by atomic mass is 79.9. The van der Waals surface area contributed by atoms with E-state index in [-0.39, 0.29) is 0 Å². The fourth-order valence-electron chi connectivity index (χ4n) is 1.77. The number of piperidine rings is 1. The Labute approximate surface area is 58.0 Å². The number of rotatable bonds is 0. The van der Waals surface area contributed by atoms with Crippen molar-refractivity contribution < 1.29 is 0 Å². The highest BCUT2D eigenvalue weighted by molar-refractivity contribution is 9.09. The normalized spacial score (nSPS) is 52.9. The van der Waals surface area contributed by atoms with E-state index >= 15 is 0 Å². The van der Waals surface area contributed by atoms with E-state index in [9.17, 15) is 0 Å². The monoisotopic (exact) mass is 175 g/mol. The lowest BCUT2D eigenvalue weighted by Crippen LogP contribution is -2.25. The zero-order valence-electron chi connectivity index (χ0n) is 4.73. The Morgan fingerprint density at radius 2 is 2.25 bits per heavy atom. The molecule has 1 saturated carbocycles. The van der Waals surface area contributed by atoms with Crippen LogP contribution in [0.25, 0.3) is 0 Å². The summed E-state index contributed by atoms with van der Waals surface area (Å²) < 4.78 is 0. The molecule has 1 nitrogen and oxygen atoms in total. The molecule has 46 valence electrons. The summed E-state index contributed by atoms with van der Waals surface area (Å²) in [4.78, 5) is 0.794. The van der Waals surface area contributed by atoms with Gasteiger partial charge in [0.1, 0.15) is 0 Å². The molecule has 2 heteroatoms. The van der Waals surface area contributed by atoms with Crippen LogP contribution in [0, 0.1) is 5.92 Å². The van der Waals surface area contributed by atoms with Crippen LogP contribution in [-0.4, -0.2) is 17.4 Å². The zero-order valence-corrected chi connectivity index (χ0v) is 6.32. The quantitative estimate of drug-likeness (QED) is 0.545. The molecule has 1 aliphatic heterocycles. The van der Waals surface area contributed by atoms with Gasteiger partial charge < -0.3 is 5.32 Å². The van der Waals surface area contributed by atoms with Crippen molar-refractivity contribution in [1.29, 1.82) is 0 Å². The lowest BCUT2D eigenvalue weighted by molar-refractivity contribution is 0.504. The van der Waals surface area contributed by atoms with Crippen molar-refractivity contribution in [2.75, 3.05) is 6.54 Å². The first-order chi connectivity index (χ1) is 3.88. The fourth-order valence-corrected chi connectivity index (χ4v) is 2.68. The van der Waals surface area contributed by atoms with Crippen molar-refractivity contribution in [1.82, 2.24) is 5.32 Å². The molecular formula is C6H10BrN. The van der Waals surface area contributed by atoms with E-state index in [2.05, 4.69) is 21.2 Å². The molecular weight excluding hydrogens is 166 g/mol. The fraction of sp³-hybridized carbons (Fsp3) is 1.00. The van der Waals surface area contributed by atoms with E-state index in [1.165, 1.54) is 19.4 Å². The Kier molecular flexibility index (Phi) is 1.12. The maximum Gasteiger partial charge on any atom is 0.0339 e. The standard InChI is InChI=1S/C6H10BrN/c7-6-4-1-2-5(6)8-3-4/h4-6,8H,1-3H2/t4-,5+,6-/m0/s1. The smallest absolute Gasteiger partial charge is 0.0339 e. The molecule has 0 unspecified atom stereocenters. The third kappa shape index (κ3) is 0.560. The molecule has 8 heavy (non-hydrogen) atoms. The largest absolute Gasteiger partial charge is 0.313 e. The molecule has 2 rings (SSSR count). The van der Waals surface area contributed by atoms with Crippen LogP contribution in [0.15, 0.2) is 0 Å². The summed E-state index contributed by atoms with van der Waals surface area (Å²) in [6.07, 6.45) is 2.83. The summed E-state index contributed by atoms with van der Waals surface area (Å²) in [5.74, 6) is 0.944. The number of halogens is 1. The summed E-state index contributed by atoms with van der Waals surface area (Å²) in [6.45, 7) is 1.25. The maximum absolute atomic E-state index is 3.67. The third-order valence-corrected chi connectivity index (χ3v) is 3.71. The summed E-state index contributed by atoms with van der Waals surface area (Å²) >= 11 is 3.67. The van der Waals surface area contributed by atoms with Crippen LogP contribution in [0.4, 0.5) is 0 Å². The van der Waals surface area contributed by atoms with E-state index in [1.54, 1.807) is 0 Å². The van der Waals surface area contributed by atoms with Gasteiger partial charge in [0, 0.05) is 10.9 Å². The summed E-state index contributed by atoms with van der Waals surface area (Å²) in [7, 11) is 0. The number of hydrogen-bond acceptors (Lipinski definition) is 1. The highest BCUT2D eigenvalue weighted by Gasteiger charge is 2.39. The Bertz CT molecular complexity index is 84.7. The number of alkyl halides is 1. The summed E-state index contributed by atoms with van der Waals surface area (Å²) in [5, 5.41) is 3.46. The predicted molar refractivity (Wildman–Crippen MR) is 37.2 cm³/mol. The van der Waals surface area contributed by atoms with Crippen molar-refractivity contribution in [2.24, 2.45) is 5.92 Å². The number of nitrogens with one attached hydrogen (secondary N) is 1. The van der Waals surface area contributed by atoms with Crippen LogP contribution in [0.2, 0.25) is 0 Å². The Hall–Kier alpha value is 0.440. The van der Waals surface area contributed by atoms with Gasteiger partial charge >= 0.3 is 0 Å². The van der Waals surface area contributed by atoms with Gasteiger partial charge in [-0.3, -0.25) is 0 Å². The van der Waals surface area contributed by atoms with Crippen molar-refractivity contribution in [3.8, 4) is 0 Å². The van der Waals surface area contributed by atoms with Gasteiger partial charge in [0.15, 0.2) is 0 Å². The molecule has 2 aliphatic rings. The second-order valence-corrected chi connectivity index (χ2v) is 3.85. The minimum absolute atomic E-state index is 0.794. The maximum atomic E-state index is 3.67. The van der Waals surface area contributed by atoms with Gasteiger partial charge in [-0.15, -0.1) is 0 Å². The lowest BCUT2D eigenvalue weighted by Gasteiger charge is -2.07. The minimum Gasteiger partial charge on any atom is -0.313 e. The molecule has 1 saturated heterocycles. The van der Waals surface area contributed by atoms with Crippen molar-refractivity contribution >= 4 is 15.9 Å². The average molecular weight is 176 g/mol. The molecule has 0 aromatic heterocycles. The second-order valence-electron chi connectivity index (χ2n) is 2.80. The number of fused-ring (bicyclic) bond motifs is 2. The Morgan fingerprint density at radius 1 is 1.38 bits per heavy atom. The number of hydrogen-bond donors (Lipinski definition) is 1. The van der Waals surface area contributed by atoms with E-state index in [4.69, 9.17) is 0 Å². The third-order valence-electron chi connectivity index (χ3n) is 2.33. The summed E-state index contributed by atoms with van der Waals surface area (Å²) in [6, 6.07) is 0.806. The van der Waals surface area contributed by atoms with Gasteiger partial charge in [0.2, 0.25) is 0 Å². The Morgan fingerprint density at radius 3 is 2.38 bits per heavy atom. The SMILES string of the molecule is Br[C@H]1[C@H]2CC[C@H]1NC2. The van der Waals surface area contributed by atoms with Crippen molar-refractivity contribution in [2.45, 2.75) is 23.7 Å². The summed E-state index contributed by atoms with van der Waals surface area (Å²) in [5.41, 5.74) is 0. The van der Waals surface area contributed by atoms with Crippen LogP contribution in [-0.2, 0) is 0 Å². The van der Waals surface area contributed by atoms with Crippen LogP contribution in [0.3, 0.4) is 0 Å². The highest BCUT2D eigenvalue weighted by Crippen LogP contribution is 2.36. The van der Waals surface area contributed by atoms with Crippen LogP contribution >= 0.6 is 15.9 Å². The van der Waals surface area contributed by atoms with Gasteiger partial charge in [0.25, 0.3) is 0 Å². The molecule has 1 aliphatic carbocycles. The van der Waals surface area contributed by atoms with E-state index in [0.29, 0.717) is 0 Å². The zero-order chi connectivity index (χ0) is 5.56. The molecule has 1 heterocycles. The van der Waals surface area contributed by atoms with Crippen LogP contribution < -0.4 is 5.32 Å². The van der Waals surface area contributed by atoms with Gasteiger partial charge in [-0.25, -0.2) is 0 Å². The van der Waals surface area contributed by atoms with Gasteiger partial charge in [-0.1, -0.05) is 15.9 Å². The molecule has 0 radical (unpaired) electrons. The van der Waals surface area contributed by atoms with E-state index in [1.807, 2.05) is 0 Å². The average Bonchev–Trinajstić information content (AvgIpc) is 2.29. The van der Waals surface area contributed by atoms with Crippen molar-refractivity contribution in [3.63, 3.8) is 0 Å². The first-order valence-corrected chi connectivity index (χ1v) is 4.17. The van der Waals surface area contributed by atoms with Gasteiger partial charge in [-0.05, 0) is 25.3 Å². The molecule has 0 amide bonds. The topological polar surface area (TPSA) is 12.0 Å². The van der Waals surface area contributed by atoms with Crippen LogP contribution in [0.1, 0.15) is 12.8 Å². The molecule has 0 spiro atoms. The molecule has 0 aromatic rings. The second kappa shape index (κ2) is 1.71. The first-order valence-electron chi connectivity index (χ1n) is 3.25. The van der Waals surface area contributed by atoms with Gasteiger partial charge in [0.05, 0.1) is 0 Å². The van der Waals surface area contributed by atoms with E-state index < -0.39 is 0 Å². The lowest BCUT2D eigenvalue weighted by atomic mass is 10.1. The van der Waals surface area contributed by atoms with Crippen molar-refractivity contribution in [3.05, 3.63) is 0 Å². The van der Waals surface area contributed by atoms with Crippen LogP contribution in [0.5, 0.6) is 0 Å². The molecule has 2 bridgehead atoms. The van der Waals surface area contributed by atoms with E-state index in [0.717, 1.165) is 16.8 Å². The predicted octanol–water partition coefficient (Wildman–Crippen LogP) is 1.13. The molecule has 2 fully saturated rings. The minimum atomic E-state index is 0.794. The molecule has 1 N–H and O–H groups in total. The Balaban J connectivity index is 2.16. The molecule has 0 aromatic carbocycles. The first kappa shape index (κ1) is 5.24.